The summed E-state index contributed by atoms with van der Waals surface area (Å²) in [4.78, 5) is 12.6. The number of carbonyl (C=O) groups is 1. The lowest BCUT2D eigenvalue weighted by Gasteiger charge is -2.24. The van der Waals surface area contributed by atoms with Gasteiger partial charge in [-0.15, -0.1) is 0 Å². The highest BCUT2D eigenvalue weighted by Gasteiger charge is 2.27. The number of benzene rings is 3. The molecule has 3 aromatic rings. The molecule has 0 aliphatic heterocycles. The van der Waals surface area contributed by atoms with E-state index in [1.165, 1.54) is 36.4 Å². The average Bonchev–Trinajstić information content (AvgIpc) is 2.70. The first-order valence-corrected chi connectivity index (χ1v) is 11.0. The summed E-state index contributed by atoms with van der Waals surface area (Å²) in [5.41, 5.74) is 1.51. The molecule has 0 bridgehead atoms. The van der Waals surface area contributed by atoms with Gasteiger partial charge in [0.15, 0.2) is 0 Å². The van der Waals surface area contributed by atoms with Crippen LogP contribution in [-0.4, -0.2) is 20.9 Å². The van der Waals surface area contributed by atoms with Gasteiger partial charge in [0, 0.05) is 10.7 Å². The van der Waals surface area contributed by atoms with Crippen molar-refractivity contribution in [3.8, 4) is 0 Å². The molecule has 0 saturated carbocycles. The molecule has 3 rings (SSSR count). The quantitative estimate of drug-likeness (QED) is 0.537. The molecule has 0 atom stereocenters. The third-order valence-electron chi connectivity index (χ3n) is 4.21. The topological polar surface area (TPSA) is 66.5 Å². The molecule has 1 N–H and O–H groups in total. The molecule has 0 aliphatic rings. The van der Waals surface area contributed by atoms with E-state index in [2.05, 4.69) is 5.32 Å². The Labute approximate surface area is 184 Å². The highest BCUT2D eigenvalue weighted by molar-refractivity contribution is 7.92. The Morgan fingerprint density at radius 2 is 1.63 bits per heavy atom. The smallest absolute Gasteiger partial charge is 0.264 e. The number of nitrogens with one attached hydrogen (secondary N) is 1. The van der Waals surface area contributed by atoms with Gasteiger partial charge < -0.3 is 5.32 Å². The van der Waals surface area contributed by atoms with Gasteiger partial charge in [0.25, 0.3) is 10.0 Å². The normalized spacial score (nSPS) is 11.2. The van der Waals surface area contributed by atoms with Crippen molar-refractivity contribution in [1.82, 2.24) is 0 Å². The number of rotatable bonds is 6. The summed E-state index contributed by atoms with van der Waals surface area (Å²) in [6.45, 7) is 1.37. The van der Waals surface area contributed by atoms with Gasteiger partial charge >= 0.3 is 0 Å². The first-order chi connectivity index (χ1) is 14.2. The maximum absolute atomic E-state index is 13.3. The van der Waals surface area contributed by atoms with E-state index >= 15 is 0 Å². The van der Waals surface area contributed by atoms with Crippen LogP contribution in [0.15, 0.2) is 71.6 Å². The summed E-state index contributed by atoms with van der Waals surface area (Å²) >= 11 is 11.6. The molecule has 30 heavy (non-hydrogen) atoms. The van der Waals surface area contributed by atoms with Crippen LogP contribution >= 0.6 is 23.2 Å². The highest BCUT2D eigenvalue weighted by Crippen LogP contribution is 2.25. The largest absolute Gasteiger partial charge is 0.324 e. The third kappa shape index (κ3) is 5.11. The second kappa shape index (κ2) is 9.04. The zero-order valence-electron chi connectivity index (χ0n) is 15.8. The van der Waals surface area contributed by atoms with Gasteiger partial charge in [-0.1, -0.05) is 40.9 Å². The molecule has 0 saturated heterocycles. The lowest BCUT2D eigenvalue weighted by molar-refractivity contribution is -0.114. The fraction of sp³-hybridized carbons (Fsp3) is 0.0952. The van der Waals surface area contributed by atoms with Crippen molar-refractivity contribution >= 4 is 50.5 Å². The number of anilines is 2. The maximum atomic E-state index is 13.3. The van der Waals surface area contributed by atoms with E-state index in [1.807, 2.05) is 6.92 Å². The van der Waals surface area contributed by atoms with Crippen molar-refractivity contribution in [1.29, 1.82) is 0 Å². The number of hydrogen-bond acceptors (Lipinski definition) is 3. The second-order valence-corrected chi connectivity index (χ2v) is 9.18. The van der Waals surface area contributed by atoms with Gasteiger partial charge in [0.05, 0.1) is 15.6 Å². The number of hydrogen-bond donors (Lipinski definition) is 1. The van der Waals surface area contributed by atoms with Crippen LogP contribution in [-0.2, 0) is 14.8 Å². The van der Waals surface area contributed by atoms with Crippen molar-refractivity contribution in [2.45, 2.75) is 11.8 Å². The van der Waals surface area contributed by atoms with Crippen molar-refractivity contribution in [2.24, 2.45) is 0 Å². The molecule has 5 nitrogen and oxygen atoms in total. The Hall–Kier alpha value is -2.61. The van der Waals surface area contributed by atoms with Gasteiger partial charge in [-0.3, -0.25) is 9.10 Å². The zero-order valence-corrected chi connectivity index (χ0v) is 18.1. The number of sulfonamides is 1. The Kier molecular flexibility index (Phi) is 6.65. The van der Waals surface area contributed by atoms with Crippen LogP contribution < -0.4 is 9.62 Å². The third-order valence-corrected chi connectivity index (χ3v) is 6.54. The minimum absolute atomic E-state index is 0.00917. The van der Waals surface area contributed by atoms with Gasteiger partial charge in [-0.25, -0.2) is 12.8 Å². The van der Waals surface area contributed by atoms with Crippen LogP contribution in [0.3, 0.4) is 0 Å². The molecule has 0 unspecified atom stereocenters. The van der Waals surface area contributed by atoms with Gasteiger partial charge in [-0.2, -0.15) is 0 Å². The fourth-order valence-corrected chi connectivity index (χ4v) is 4.39. The Morgan fingerprint density at radius 1 is 1.00 bits per heavy atom. The predicted molar refractivity (Wildman–Crippen MR) is 117 cm³/mol. The van der Waals surface area contributed by atoms with Gasteiger partial charge in [0.1, 0.15) is 12.4 Å². The molecule has 0 heterocycles. The average molecular weight is 467 g/mol. The van der Waals surface area contributed by atoms with Crippen molar-refractivity contribution < 1.29 is 17.6 Å². The molecule has 0 aromatic heterocycles. The number of nitrogens with zero attached hydrogens (tertiary/aromatic N) is 1. The van der Waals surface area contributed by atoms with E-state index < -0.39 is 28.3 Å². The summed E-state index contributed by atoms with van der Waals surface area (Å²) in [6.07, 6.45) is 0. The first kappa shape index (κ1) is 22.1. The van der Waals surface area contributed by atoms with E-state index in [0.29, 0.717) is 10.7 Å². The van der Waals surface area contributed by atoms with Crippen LogP contribution in [0.1, 0.15) is 5.56 Å². The summed E-state index contributed by atoms with van der Waals surface area (Å²) in [5.74, 6) is -1.24. The van der Waals surface area contributed by atoms with Crippen LogP contribution in [0.25, 0.3) is 0 Å². The summed E-state index contributed by atoms with van der Waals surface area (Å²) in [5, 5.41) is 2.77. The summed E-state index contributed by atoms with van der Waals surface area (Å²) in [6, 6.07) is 16.1. The predicted octanol–water partition coefficient (Wildman–Crippen LogP) is 5.27. The monoisotopic (exact) mass is 466 g/mol. The standard InChI is InChI=1S/C21H17Cl2FN2O3S/c1-14-2-7-17(8-3-14)26(30(28,29)18-9-4-15(22)5-10-18)13-21(27)25-16-6-11-20(24)19(23)12-16/h2-12H,13H2,1H3,(H,25,27). The van der Waals surface area contributed by atoms with Crippen LogP contribution in [0.5, 0.6) is 0 Å². The van der Waals surface area contributed by atoms with Crippen molar-refractivity contribution in [3.05, 3.63) is 88.2 Å². The van der Waals surface area contributed by atoms with E-state index in [0.717, 1.165) is 15.9 Å². The van der Waals surface area contributed by atoms with Gasteiger partial charge in [-0.05, 0) is 61.5 Å². The van der Waals surface area contributed by atoms with Crippen molar-refractivity contribution in [3.63, 3.8) is 0 Å². The first-order valence-electron chi connectivity index (χ1n) is 8.77. The van der Waals surface area contributed by atoms with Crippen LogP contribution in [0.2, 0.25) is 10.0 Å². The molecule has 3 aromatic carbocycles. The molecule has 0 spiro atoms. The van der Waals surface area contributed by atoms with Crippen LogP contribution in [0.4, 0.5) is 15.8 Å². The molecule has 156 valence electrons. The molecular formula is C21H17Cl2FN2O3S. The van der Waals surface area contributed by atoms with Crippen LogP contribution in [0, 0.1) is 12.7 Å². The van der Waals surface area contributed by atoms with Crippen molar-refractivity contribution in [2.75, 3.05) is 16.2 Å². The minimum atomic E-state index is -4.06. The molecule has 0 aliphatic carbocycles. The lowest BCUT2D eigenvalue weighted by atomic mass is 10.2. The van der Waals surface area contributed by atoms with Gasteiger partial charge in [0.2, 0.25) is 5.91 Å². The highest BCUT2D eigenvalue weighted by atomic mass is 35.5. The number of aryl methyl sites for hydroxylation is 1. The molecule has 1 amide bonds. The fourth-order valence-electron chi connectivity index (χ4n) is 2.66. The Morgan fingerprint density at radius 3 is 2.23 bits per heavy atom. The number of carbonyl (C=O) groups excluding carboxylic acids is 1. The van der Waals surface area contributed by atoms with E-state index in [1.54, 1.807) is 24.3 Å². The lowest BCUT2D eigenvalue weighted by Crippen LogP contribution is -2.38. The molecule has 9 heteroatoms. The molecule has 0 fully saturated rings. The number of amides is 1. The van der Waals surface area contributed by atoms with E-state index in [4.69, 9.17) is 23.2 Å². The van der Waals surface area contributed by atoms with E-state index in [9.17, 15) is 17.6 Å². The maximum Gasteiger partial charge on any atom is 0.264 e. The number of halogens is 3. The molecule has 0 radical (unpaired) electrons. The second-order valence-electron chi connectivity index (χ2n) is 6.48. The molecular weight excluding hydrogens is 450 g/mol. The zero-order chi connectivity index (χ0) is 21.9. The van der Waals surface area contributed by atoms with E-state index in [-0.39, 0.29) is 15.6 Å². The minimum Gasteiger partial charge on any atom is -0.324 e. The summed E-state index contributed by atoms with van der Waals surface area (Å²) in [7, 11) is -4.06. The SMILES string of the molecule is Cc1ccc(N(CC(=O)Nc2ccc(F)c(Cl)c2)S(=O)(=O)c2ccc(Cl)cc2)cc1. The Balaban J connectivity index is 1.93. The summed E-state index contributed by atoms with van der Waals surface area (Å²) < 4.78 is 40.8. The Bertz CT molecular complexity index is 1170.